The van der Waals surface area contributed by atoms with Gasteiger partial charge in [-0.3, -0.25) is 9.59 Å². The van der Waals surface area contributed by atoms with E-state index in [2.05, 4.69) is 5.32 Å². The van der Waals surface area contributed by atoms with Gasteiger partial charge in [0.1, 0.15) is 6.54 Å². The van der Waals surface area contributed by atoms with Gasteiger partial charge in [-0.1, -0.05) is 0 Å². The Morgan fingerprint density at radius 2 is 1.88 bits per heavy atom. The summed E-state index contributed by atoms with van der Waals surface area (Å²) in [6.07, 6.45) is 3.37. The summed E-state index contributed by atoms with van der Waals surface area (Å²) in [5, 5.41) is 2.80. The van der Waals surface area contributed by atoms with Crippen molar-refractivity contribution in [1.82, 2.24) is 9.88 Å². The molecule has 1 heterocycles. The van der Waals surface area contributed by atoms with Crippen LogP contribution in [0.4, 0.5) is 0 Å². The molecule has 0 fully saturated rings. The van der Waals surface area contributed by atoms with Crippen molar-refractivity contribution in [2.24, 2.45) is 0 Å². The van der Waals surface area contributed by atoms with E-state index in [4.69, 9.17) is 0 Å². The molecule has 0 radical (unpaired) electrons. The van der Waals surface area contributed by atoms with Gasteiger partial charge in [0.15, 0.2) is 0 Å². The van der Waals surface area contributed by atoms with Crippen LogP contribution in [0.2, 0.25) is 0 Å². The predicted octanol–water partition coefficient (Wildman–Crippen LogP) is 1.58. The molecule has 0 unspecified atom stereocenters. The molecule has 6 heteroatoms. The topological polar surface area (TPSA) is 51.1 Å². The van der Waals surface area contributed by atoms with Gasteiger partial charge < -0.3 is 9.88 Å². The molecule has 0 aliphatic heterocycles. The number of carbonyl (C=O) groups is 1. The van der Waals surface area contributed by atoms with Gasteiger partial charge in [0.05, 0.1) is 7.14 Å². The van der Waals surface area contributed by atoms with Crippen molar-refractivity contribution in [3.8, 4) is 0 Å². The third-order valence-electron chi connectivity index (χ3n) is 1.77. The molecule has 0 bridgehead atoms. The fourth-order valence-electron chi connectivity index (χ4n) is 1.18. The molecule has 1 N–H and O–H groups in total. The Morgan fingerprint density at radius 1 is 1.38 bits per heavy atom. The van der Waals surface area contributed by atoms with Crippen LogP contribution in [0.3, 0.4) is 0 Å². The van der Waals surface area contributed by atoms with Crippen molar-refractivity contribution in [3.63, 3.8) is 0 Å². The molecule has 0 saturated carbocycles. The Hall–Kier alpha value is -0.120. The lowest BCUT2D eigenvalue weighted by Crippen LogP contribution is -2.33. The lowest BCUT2D eigenvalue weighted by atomic mass is 10.4. The Bertz CT molecular complexity index is 428. The quantitative estimate of drug-likeness (QED) is 0.718. The van der Waals surface area contributed by atoms with Gasteiger partial charge in [-0.05, 0) is 59.0 Å². The van der Waals surface area contributed by atoms with Crippen molar-refractivity contribution in [1.29, 1.82) is 0 Å². The largest absolute Gasteiger partial charge is 0.352 e. The number of pyridine rings is 1. The monoisotopic (exact) mass is 446 g/mol. The van der Waals surface area contributed by atoms with E-state index in [-0.39, 0.29) is 23.9 Å². The minimum Gasteiger partial charge on any atom is -0.352 e. The Labute approximate surface area is 121 Å². The Morgan fingerprint density at radius 3 is 2.31 bits per heavy atom. The van der Waals surface area contributed by atoms with E-state index in [0.29, 0.717) is 7.14 Å². The van der Waals surface area contributed by atoms with Gasteiger partial charge in [-0.15, -0.1) is 0 Å². The Balaban J connectivity index is 2.83. The number of hydrogen-bond acceptors (Lipinski definition) is 2. The molecule has 16 heavy (non-hydrogen) atoms. The van der Waals surface area contributed by atoms with Crippen LogP contribution >= 0.6 is 45.2 Å². The average molecular weight is 446 g/mol. The zero-order valence-corrected chi connectivity index (χ0v) is 13.3. The summed E-state index contributed by atoms with van der Waals surface area (Å²) in [7, 11) is 0. The van der Waals surface area contributed by atoms with Crippen LogP contribution in [0, 0.1) is 7.14 Å². The zero-order chi connectivity index (χ0) is 12.3. The lowest BCUT2D eigenvalue weighted by molar-refractivity contribution is -0.122. The normalized spacial score (nSPS) is 10.6. The number of rotatable bonds is 3. The number of halogens is 2. The van der Waals surface area contributed by atoms with E-state index in [9.17, 15) is 9.59 Å². The summed E-state index contributed by atoms with van der Waals surface area (Å²) >= 11 is 3.96. The molecule has 4 nitrogen and oxygen atoms in total. The van der Waals surface area contributed by atoms with Crippen LogP contribution in [0.5, 0.6) is 0 Å². The summed E-state index contributed by atoms with van der Waals surface area (Å²) in [4.78, 5) is 23.0. The van der Waals surface area contributed by atoms with E-state index in [1.54, 1.807) is 17.0 Å². The smallest absolute Gasteiger partial charge is 0.240 e. The molecule has 0 aliphatic rings. The molecule has 0 aromatic carbocycles. The highest BCUT2D eigenvalue weighted by Crippen LogP contribution is 2.03. The first-order chi connectivity index (χ1) is 7.40. The van der Waals surface area contributed by atoms with Crippen LogP contribution in [0.1, 0.15) is 13.8 Å². The maximum atomic E-state index is 11.5. The average Bonchev–Trinajstić information content (AvgIpc) is 2.12. The minimum absolute atomic E-state index is 0.0155. The van der Waals surface area contributed by atoms with Gasteiger partial charge in [-0.2, -0.15) is 0 Å². The fourth-order valence-corrected chi connectivity index (χ4v) is 3.00. The molecule has 1 aromatic rings. The van der Waals surface area contributed by atoms with Gasteiger partial charge in [0, 0.05) is 18.4 Å². The summed E-state index contributed by atoms with van der Waals surface area (Å²) in [6.45, 7) is 4.07. The third-order valence-corrected chi connectivity index (χ3v) is 3.30. The van der Waals surface area contributed by atoms with Crippen molar-refractivity contribution < 1.29 is 4.79 Å². The second kappa shape index (κ2) is 5.99. The standard InChI is InChI=1S/C10H12I2N2O2/c1-6(2)13-9(15)5-14-3-7(11)10(16)8(12)4-14/h3-4,6H,5H2,1-2H3,(H,13,15). The Kier molecular flexibility index (Phi) is 5.22. The highest BCUT2D eigenvalue weighted by Gasteiger charge is 2.07. The van der Waals surface area contributed by atoms with E-state index in [1.165, 1.54) is 0 Å². The maximum absolute atomic E-state index is 11.5. The molecule has 1 amide bonds. The van der Waals surface area contributed by atoms with Gasteiger partial charge in [0.25, 0.3) is 0 Å². The maximum Gasteiger partial charge on any atom is 0.240 e. The fraction of sp³-hybridized carbons (Fsp3) is 0.400. The first kappa shape index (κ1) is 13.9. The molecule has 0 saturated heterocycles. The second-order valence-corrected chi connectivity index (χ2v) is 6.00. The first-order valence-corrected chi connectivity index (χ1v) is 6.90. The molecule has 0 aliphatic carbocycles. The predicted molar refractivity (Wildman–Crippen MR) is 79.4 cm³/mol. The summed E-state index contributed by atoms with van der Waals surface area (Å²) < 4.78 is 2.98. The summed E-state index contributed by atoms with van der Waals surface area (Å²) in [6, 6.07) is 0.130. The second-order valence-electron chi connectivity index (χ2n) is 3.68. The van der Waals surface area contributed by atoms with E-state index >= 15 is 0 Å². The van der Waals surface area contributed by atoms with Gasteiger partial charge in [0.2, 0.25) is 11.3 Å². The lowest BCUT2D eigenvalue weighted by Gasteiger charge is -2.10. The highest BCUT2D eigenvalue weighted by molar-refractivity contribution is 14.1. The zero-order valence-electron chi connectivity index (χ0n) is 8.96. The molecular formula is C10H12I2N2O2. The van der Waals surface area contributed by atoms with Crippen LogP contribution in [-0.2, 0) is 11.3 Å². The minimum atomic E-state index is -0.0507. The van der Waals surface area contributed by atoms with Crippen LogP contribution in [-0.4, -0.2) is 16.5 Å². The van der Waals surface area contributed by atoms with Crippen molar-refractivity contribution in [2.75, 3.05) is 0 Å². The molecule has 0 spiro atoms. The van der Waals surface area contributed by atoms with Crippen molar-refractivity contribution in [2.45, 2.75) is 26.4 Å². The molecule has 1 rings (SSSR count). The van der Waals surface area contributed by atoms with Crippen molar-refractivity contribution >= 4 is 51.1 Å². The number of nitrogens with zero attached hydrogens (tertiary/aromatic N) is 1. The highest BCUT2D eigenvalue weighted by atomic mass is 127. The van der Waals surface area contributed by atoms with Gasteiger partial charge in [-0.25, -0.2) is 0 Å². The summed E-state index contributed by atoms with van der Waals surface area (Å²) in [5.41, 5.74) is 0.0155. The van der Waals surface area contributed by atoms with Crippen LogP contribution in [0.25, 0.3) is 0 Å². The molecule has 0 atom stereocenters. The third kappa shape index (κ3) is 4.04. The van der Waals surface area contributed by atoms with Gasteiger partial charge >= 0.3 is 0 Å². The number of carbonyl (C=O) groups excluding carboxylic acids is 1. The summed E-state index contributed by atoms with van der Waals surface area (Å²) in [5.74, 6) is -0.0507. The molecular weight excluding hydrogens is 434 g/mol. The number of hydrogen-bond donors (Lipinski definition) is 1. The van der Waals surface area contributed by atoms with Crippen LogP contribution < -0.4 is 10.7 Å². The van der Waals surface area contributed by atoms with Crippen LogP contribution in [0.15, 0.2) is 17.2 Å². The van der Waals surface area contributed by atoms with E-state index in [1.807, 2.05) is 59.0 Å². The van der Waals surface area contributed by atoms with E-state index < -0.39 is 0 Å². The number of nitrogens with one attached hydrogen (secondary N) is 1. The molecule has 1 aromatic heterocycles. The number of aromatic nitrogens is 1. The van der Waals surface area contributed by atoms with E-state index in [0.717, 1.165) is 0 Å². The first-order valence-electron chi connectivity index (χ1n) is 4.74. The number of amides is 1. The SMILES string of the molecule is CC(C)NC(=O)Cn1cc(I)c(=O)c(I)c1. The molecule has 88 valence electrons. The van der Waals surface area contributed by atoms with Crippen molar-refractivity contribution in [3.05, 3.63) is 29.8 Å².